The molecule has 0 aromatic carbocycles. The number of esters is 1. The van der Waals surface area contributed by atoms with E-state index in [1.165, 1.54) is 18.3 Å². The molecule has 0 amide bonds. The number of allylic oxidation sites excluding steroid dienone is 2. The SMILES string of the molecule is COC(=O)C1=CCC2=C(C1)[C@H]1C[C@@H]2C[C@H]1O. The Morgan fingerprint density at radius 1 is 1.44 bits per heavy atom. The summed E-state index contributed by atoms with van der Waals surface area (Å²) in [5.74, 6) is 0.669. The predicted molar refractivity (Wildman–Crippen MR) is 58.6 cm³/mol. The van der Waals surface area contributed by atoms with Gasteiger partial charge in [-0.2, -0.15) is 0 Å². The zero-order chi connectivity index (χ0) is 11.3. The Morgan fingerprint density at radius 3 is 3.00 bits per heavy atom. The summed E-state index contributed by atoms with van der Waals surface area (Å²) in [6, 6.07) is 0. The van der Waals surface area contributed by atoms with Crippen LogP contribution in [0.4, 0.5) is 0 Å². The van der Waals surface area contributed by atoms with Gasteiger partial charge in [0.05, 0.1) is 13.2 Å². The molecule has 3 atom stereocenters. The van der Waals surface area contributed by atoms with Gasteiger partial charge in [0.1, 0.15) is 0 Å². The molecule has 3 aliphatic rings. The molecule has 0 aromatic heterocycles. The molecule has 86 valence electrons. The first kappa shape index (κ1) is 10.1. The maximum Gasteiger partial charge on any atom is 0.333 e. The molecule has 2 bridgehead atoms. The summed E-state index contributed by atoms with van der Waals surface area (Å²) in [5.41, 5.74) is 3.58. The largest absolute Gasteiger partial charge is 0.466 e. The second-order valence-corrected chi connectivity index (χ2v) is 4.99. The zero-order valence-electron chi connectivity index (χ0n) is 9.40. The van der Waals surface area contributed by atoms with Crippen molar-refractivity contribution in [3.8, 4) is 0 Å². The first-order valence-electron chi connectivity index (χ1n) is 5.88. The third kappa shape index (κ3) is 1.27. The van der Waals surface area contributed by atoms with Crippen LogP contribution in [-0.2, 0) is 9.53 Å². The number of hydrogen-bond acceptors (Lipinski definition) is 3. The van der Waals surface area contributed by atoms with Crippen LogP contribution in [-0.4, -0.2) is 24.3 Å². The average molecular weight is 220 g/mol. The van der Waals surface area contributed by atoms with Gasteiger partial charge in [-0.25, -0.2) is 4.79 Å². The van der Waals surface area contributed by atoms with E-state index in [9.17, 15) is 9.90 Å². The van der Waals surface area contributed by atoms with E-state index in [1.54, 1.807) is 0 Å². The molecule has 0 saturated heterocycles. The quantitative estimate of drug-likeness (QED) is 0.539. The normalized spacial score (nSPS) is 36.1. The second kappa shape index (κ2) is 3.45. The minimum absolute atomic E-state index is 0.180. The molecule has 3 heteroatoms. The summed E-state index contributed by atoms with van der Waals surface area (Å²) < 4.78 is 4.75. The second-order valence-electron chi connectivity index (χ2n) is 4.99. The molecule has 0 aromatic rings. The Labute approximate surface area is 94.8 Å². The third-order valence-electron chi connectivity index (χ3n) is 4.28. The molecular formula is C13H16O3. The van der Waals surface area contributed by atoms with Crippen molar-refractivity contribution in [1.29, 1.82) is 0 Å². The van der Waals surface area contributed by atoms with Gasteiger partial charge >= 0.3 is 5.97 Å². The summed E-state index contributed by atoms with van der Waals surface area (Å²) in [5, 5.41) is 9.87. The lowest BCUT2D eigenvalue weighted by Crippen LogP contribution is -2.22. The highest BCUT2D eigenvalue weighted by molar-refractivity contribution is 5.89. The third-order valence-corrected chi connectivity index (χ3v) is 4.28. The van der Waals surface area contributed by atoms with Crippen molar-refractivity contribution in [1.82, 2.24) is 0 Å². The lowest BCUT2D eigenvalue weighted by Gasteiger charge is -2.26. The van der Waals surface area contributed by atoms with Crippen molar-refractivity contribution in [3.63, 3.8) is 0 Å². The lowest BCUT2D eigenvalue weighted by molar-refractivity contribution is -0.136. The minimum atomic E-state index is -0.219. The fourth-order valence-electron chi connectivity index (χ4n) is 3.51. The molecule has 0 unspecified atom stereocenters. The molecule has 3 aliphatic carbocycles. The molecule has 1 saturated carbocycles. The molecule has 0 heterocycles. The topological polar surface area (TPSA) is 46.5 Å². The highest BCUT2D eigenvalue weighted by Gasteiger charge is 2.45. The monoisotopic (exact) mass is 220 g/mol. The molecule has 0 radical (unpaired) electrons. The summed E-state index contributed by atoms with van der Waals surface area (Å²) in [7, 11) is 1.42. The van der Waals surface area contributed by atoms with E-state index >= 15 is 0 Å². The Bertz CT molecular complexity index is 405. The van der Waals surface area contributed by atoms with Crippen LogP contribution >= 0.6 is 0 Å². The summed E-state index contributed by atoms with van der Waals surface area (Å²) in [4.78, 5) is 11.5. The van der Waals surface area contributed by atoms with E-state index in [0.717, 1.165) is 24.8 Å². The molecular weight excluding hydrogens is 204 g/mol. The van der Waals surface area contributed by atoms with Gasteiger partial charge in [-0.3, -0.25) is 0 Å². The number of aliphatic hydroxyl groups is 1. The molecule has 0 aliphatic heterocycles. The van der Waals surface area contributed by atoms with Gasteiger partial charge < -0.3 is 9.84 Å². The highest BCUT2D eigenvalue weighted by atomic mass is 16.5. The lowest BCUT2D eigenvalue weighted by atomic mass is 9.81. The van der Waals surface area contributed by atoms with Crippen LogP contribution in [0.2, 0.25) is 0 Å². The number of methoxy groups -OCH3 is 1. The van der Waals surface area contributed by atoms with E-state index < -0.39 is 0 Å². The summed E-state index contributed by atoms with van der Waals surface area (Å²) >= 11 is 0. The van der Waals surface area contributed by atoms with E-state index in [4.69, 9.17) is 4.74 Å². The molecule has 3 nitrogen and oxygen atoms in total. The Balaban J connectivity index is 1.84. The number of hydrogen-bond donors (Lipinski definition) is 1. The van der Waals surface area contributed by atoms with Crippen molar-refractivity contribution in [2.24, 2.45) is 11.8 Å². The van der Waals surface area contributed by atoms with Crippen LogP contribution in [0.3, 0.4) is 0 Å². The fourth-order valence-corrected chi connectivity index (χ4v) is 3.51. The van der Waals surface area contributed by atoms with Crippen molar-refractivity contribution >= 4 is 5.97 Å². The maximum atomic E-state index is 11.5. The summed E-state index contributed by atoms with van der Waals surface area (Å²) in [6.45, 7) is 0. The predicted octanol–water partition coefficient (Wildman–Crippen LogP) is 1.58. The van der Waals surface area contributed by atoms with Gasteiger partial charge in [-0.05, 0) is 25.2 Å². The van der Waals surface area contributed by atoms with Crippen molar-refractivity contribution in [2.45, 2.75) is 31.8 Å². The van der Waals surface area contributed by atoms with Crippen LogP contribution in [0.1, 0.15) is 25.7 Å². The van der Waals surface area contributed by atoms with Crippen LogP contribution in [0.25, 0.3) is 0 Å². The summed E-state index contributed by atoms with van der Waals surface area (Å²) in [6.07, 6.45) is 5.41. The molecule has 1 N–H and O–H groups in total. The minimum Gasteiger partial charge on any atom is -0.466 e. The molecule has 1 fully saturated rings. The number of fused-ring (bicyclic) bond motifs is 4. The van der Waals surface area contributed by atoms with E-state index in [2.05, 4.69) is 0 Å². The Hall–Kier alpha value is -1.09. The van der Waals surface area contributed by atoms with Gasteiger partial charge in [0, 0.05) is 17.9 Å². The fraction of sp³-hybridized carbons (Fsp3) is 0.615. The van der Waals surface area contributed by atoms with Gasteiger partial charge in [0.25, 0.3) is 0 Å². The van der Waals surface area contributed by atoms with E-state index in [0.29, 0.717) is 18.3 Å². The van der Waals surface area contributed by atoms with Crippen LogP contribution in [0, 0.1) is 11.8 Å². The van der Waals surface area contributed by atoms with Crippen LogP contribution in [0.15, 0.2) is 22.8 Å². The van der Waals surface area contributed by atoms with Crippen LogP contribution in [0.5, 0.6) is 0 Å². The Morgan fingerprint density at radius 2 is 2.25 bits per heavy atom. The van der Waals surface area contributed by atoms with Gasteiger partial charge in [0.15, 0.2) is 0 Å². The Kier molecular flexibility index (Phi) is 2.18. The van der Waals surface area contributed by atoms with Gasteiger partial charge in [0.2, 0.25) is 0 Å². The van der Waals surface area contributed by atoms with E-state index in [-0.39, 0.29) is 12.1 Å². The molecule has 0 spiro atoms. The number of ether oxygens (including phenoxy) is 1. The van der Waals surface area contributed by atoms with Crippen molar-refractivity contribution in [3.05, 3.63) is 22.8 Å². The smallest absolute Gasteiger partial charge is 0.333 e. The number of carbonyl (C=O) groups excluding carboxylic acids is 1. The number of rotatable bonds is 1. The average Bonchev–Trinajstić information content (AvgIpc) is 2.84. The van der Waals surface area contributed by atoms with E-state index in [1.807, 2.05) is 6.08 Å². The first-order chi connectivity index (χ1) is 7.70. The van der Waals surface area contributed by atoms with Crippen molar-refractivity contribution in [2.75, 3.05) is 7.11 Å². The highest BCUT2D eigenvalue weighted by Crippen LogP contribution is 2.53. The standard InChI is InChI=1S/C13H16O3/c1-16-13(15)7-2-3-9-8-5-11(10(9)4-7)12(14)6-8/h2,8,11-12,14H,3-6H2,1H3/t8-,11-,12-/m1/s1. The van der Waals surface area contributed by atoms with Gasteiger partial charge in [-0.15, -0.1) is 0 Å². The van der Waals surface area contributed by atoms with Gasteiger partial charge in [-0.1, -0.05) is 17.2 Å². The maximum absolute atomic E-state index is 11.5. The molecule has 3 rings (SSSR count). The van der Waals surface area contributed by atoms with Crippen molar-refractivity contribution < 1.29 is 14.6 Å². The zero-order valence-corrected chi connectivity index (χ0v) is 9.40. The van der Waals surface area contributed by atoms with Crippen LogP contribution < -0.4 is 0 Å². The number of carbonyl (C=O) groups is 1. The number of aliphatic hydroxyl groups excluding tert-OH is 1. The molecule has 16 heavy (non-hydrogen) atoms. The first-order valence-corrected chi connectivity index (χ1v) is 5.88.